The summed E-state index contributed by atoms with van der Waals surface area (Å²) in [5.74, 6) is 0.173. The van der Waals surface area contributed by atoms with E-state index in [1.54, 1.807) is 19.0 Å². The molecular weight excluding hydrogens is 238 g/mol. The summed E-state index contributed by atoms with van der Waals surface area (Å²) in [6, 6.07) is 2.57. The second kappa shape index (κ2) is 8.00. The van der Waals surface area contributed by atoms with Gasteiger partial charge < -0.3 is 14.8 Å². The van der Waals surface area contributed by atoms with E-state index in [0.29, 0.717) is 12.5 Å². The molecule has 1 rings (SSSR count). The first-order valence-corrected chi connectivity index (χ1v) is 7.17. The maximum Gasteiger partial charge on any atom is 0.223 e. The van der Waals surface area contributed by atoms with Crippen molar-refractivity contribution in [3.05, 3.63) is 24.0 Å². The third-order valence-corrected chi connectivity index (χ3v) is 3.31. The lowest BCUT2D eigenvalue weighted by atomic mass is 10.1. The van der Waals surface area contributed by atoms with Crippen LogP contribution in [0, 0.1) is 0 Å². The summed E-state index contributed by atoms with van der Waals surface area (Å²) >= 11 is 0. The van der Waals surface area contributed by atoms with Gasteiger partial charge >= 0.3 is 0 Å². The van der Waals surface area contributed by atoms with Gasteiger partial charge in [0.05, 0.1) is 0 Å². The molecule has 1 N–H and O–H groups in total. The third-order valence-electron chi connectivity index (χ3n) is 3.31. The number of amides is 1. The lowest BCUT2D eigenvalue weighted by molar-refractivity contribution is -0.128. The monoisotopic (exact) mass is 265 g/mol. The van der Waals surface area contributed by atoms with Crippen LogP contribution >= 0.6 is 0 Å². The van der Waals surface area contributed by atoms with E-state index in [2.05, 4.69) is 42.2 Å². The first-order chi connectivity index (χ1) is 9.08. The lowest BCUT2D eigenvalue weighted by Gasteiger charge is -2.15. The Kier molecular flexibility index (Phi) is 6.64. The van der Waals surface area contributed by atoms with Crippen LogP contribution in [0.1, 0.15) is 44.7 Å². The largest absolute Gasteiger partial charge is 0.353 e. The van der Waals surface area contributed by atoms with Gasteiger partial charge in [-0.3, -0.25) is 4.79 Å². The molecule has 19 heavy (non-hydrogen) atoms. The summed E-state index contributed by atoms with van der Waals surface area (Å²) in [7, 11) is 3.59. The fourth-order valence-corrected chi connectivity index (χ4v) is 2.07. The van der Waals surface area contributed by atoms with Crippen LogP contribution in [0.4, 0.5) is 0 Å². The normalized spacial score (nSPS) is 12.4. The first-order valence-electron chi connectivity index (χ1n) is 7.17. The van der Waals surface area contributed by atoms with Gasteiger partial charge in [0, 0.05) is 45.5 Å². The summed E-state index contributed by atoms with van der Waals surface area (Å²) < 4.78 is 2.10. The minimum Gasteiger partial charge on any atom is -0.353 e. The molecule has 0 aromatic carbocycles. The Bertz CT molecular complexity index is 384. The summed E-state index contributed by atoms with van der Waals surface area (Å²) in [6.07, 6.45) is 7.00. The molecule has 1 unspecified atom stereocenters. The SMILES string of the molecule is CCCNC(CC)c1ccn(CCC(=O)N(C)C)c1. The molecule has 1 aromatic rings. The van der Waals surface area contributed by atoms with Crippen molar-refractivity contribution < 1.29 is 4.79 Å². The first kappa shape index (κ1) is 15.8. The van der Waals surface area contributed by atoms with Crippen molar-refractivity contribution in [1.29, 1.82) is 0 Å². The number of carbonyl (C=O) groups excluding carboxylic acids is 1. The van der Waals surface area contributed by atoms with Crippen molar-refractivity contribution in [3.63, 3.8) is 0 Å². The molecule has 1 amide bonds. The van der Waals surface area contributed by atoms with Crippen LogP contribution in [-0.2, 0) is 11.3 Å². The summed E-state index contributed by atoms with van der Waals surface area (Å²) in [5.41, 5.74) is 1.31. The number of hydrogen-bond donors (Lipinski definition) is 1. The summed E-state index contributed by atoms with van der Waals surface area (Å²) in [5, 5.41) is 3.54. The molecule has 0 bridgehead atoms. The molecule has 0 saturated heterocycles. The minimum atomic E-state index is 0.173. The summed E-state index contributed by atoms with van der Waals surface area (Å²) in [6.45, 7) is 6.17. The number of nitrogens with zero attached hydrogens (tertiary/aromatic N) is 2. The average molecular weight is 265 g/mol. The predicted molar refractivity (Wildman–Crippen MR) is 79.1 cm³/mol. The zero-order valence-electron chi connectivity index (χ0n) is 12.6. The van der Waals surface area contributed by atoms with Gasteiger partial charge in [-0.25, -0.2) is 0 Å². The van der Waals surface area contributed by atoms with Gasteiger partial charge in [0.2, 0.25) is 5.91 Å². The molecule has 4 heteroatoms. The van der Waals surface area contributed by atoms with Gasteiger partial charge in [0.15, 0.2) is 0 Å². The molecule has 0 aliphatic rings. The minimum absolute atomic E-state index is 0.173. The number of hydrogen-bond acceptors (Lipinski definition) is 2. The molecular formula is C15H27N3O. The lowest BCUT2D eigenvalue weighted by Crippen LogP contribution is -2.22. The van der Waals surface area contributed by atoms with Gasteiger partial charge in [-0.2, -0.15) is 0 Å². The van der Waals surface area contributed by atoms with E-state index in [1.165, 1.54) is 5.56 Å². The van der Waals surface area contributed by atoms with Gasteiger partial charge in [-0.15, -0.1) is 0 Å². The quantitative estimate of drug-likeness (QED) is 0.784. The van der Waals surface area contributed by atoms with E-state index in [4.69, 9.17) is 0 Å². The topological polar surface area (TPSA) is 37.3 Å². The molecule has 1 aromatic heterocycles. The maximum absolute atomic E-state index is 11.6. The number of nitrogens with one attached hydrogen (secondary N) is 1. The fourth-order valence-electron chi connectivity index (χ4n) is 2.07. The predicted octanol–water partition coefficient (Wildman–Crippen LogP) is 2.42. The van der Waals surface area contributed by atoms with Crippen LogP contribution in [0.3, 0.4) is 0 Å². The second-order valence-electron chi connectivity index (χ2n) is 5.14. The highest BCUT2D eigenvalue weighted by atomic mass is 16.2. The number of aryl methyl sites for hydroxylation is 1. The highest BCUT2D eigenvalue weighted by Crippen LogP contribution is 2.17. The van der Waals surface area contributed by atoms with Gasteiger partial charge in [0.25, 0.3) is 0 Å². The maximum atomic E-state index is 11.6. The zero-order chi connectivity index (χ0) is 14.3. The third kappa shape index (κ3) is 5.07. The Hall–Kier alpha value is -1.29. The molecule has 108 valence electrons. The number of rotatable bonds is 8. The smallest absolute Gasteiger partial charge is 0.223 e. The van der Waals surface area contributed by atoms with E-state index in [1.807, 2.05) is 0 Å². The molecule has 0 spiro atoms. The Morgan fingerprint density at radius 3 is 2.74 bits per heavy atom. The highest BCUT2D eigenvalue weighted by molar-refractivity contribution is 5.75. The molecule has 1 atom stereocenters. The standard InChI is InChI=1S/C15H27N3O/c1-5-9-16-14(6-2)13-7-10-18(12-13)11-8-15(19)17(3)4/h7,10,12,14,16H,5-6,8-9,11H2,1-4H3. The van der Waals surface area contributed by atoms with Crippen LogP contribution in [-0.4, -0.2) is 36.0 Å². The van der Waals surface area contributed by atoms with Crippen molar-refractivity contribution in [2.45, 2.75) is 45.7 Å². The summed E-state index contributed by atoms with van der Waals surface area (Å²) in [4.78, 5) is 13.2. The van der Waals surface area contributed by atoms with E-state index < -0.39 is 0 Å². The van der Waals surface area contributed by atoms with Crippen LogP contribution < -0.4 is 5.32 Å². The second-order valence-corrected chi connectivity index (χ2v) is 5.14. The van der Waals surface area contributed by atoms with Crippen molar-refractivity contribution >= 4 is 5.91 Å². The van der Waals surface area contributed by atoms with Crippen LogP contribution in [0.15, 0.2) is 18.5 Å². The van der Waals surface area contributed by atoms with Gasteiger partial charge in [-0.05, 0) is 31.0 Å². The van der Waals surface area contributed by atoms with E-state index in [0.717, 1.165) is 25.9 Å². The Labute approximate surface area is 116 Å². The molecule has 1 heterocycles. The van der Waals surface area contributed by atoms with Crippen LogP contribution in [0.2, 0.25) is 0 Å². The van der Waals surface area contributed by atoms with Gasteiger partial charge in [-0.1, -0.05) is 13.8 Å². The van der Waals surface area contributed by atoms with Crippen molar-refractivity contribution in [2.75, 3.05) is 20.6 Å². The average Bonchev–Trinajstić information content (AvgIpc) is 2.85. The molecule has 0 radical (unpaired) electrons. The van der Waals surface area contributed by atoms with Gasteiger partial charge in [0.1, 0.15) is 0 Å². The van der Waals surface area contributed by atoms with E-state index in [9.17, 15) is 4.79 Å². The van der Waals surface area contributed by atoms with E-state index in [-0.39, 0.29) is 5.91 Å². The Morgan fingerprint density at radius 2 is 2.16 bits per heavy atom. The van der Waals surface area contributed by atoms with Crippen molar-refractivity contribution in [1.82, 2.24) is 14.8 Å². The van der Waals surface area contributed by atoms with E-state index >= 15 is 0 Å². The highest BCUT2D eigenvalue weighted by Gasteiger charge is 2.10. The molecule has 0 aliphatic carbocycles. The number of aromatic nitrogens is 1. The molecule has 0 saturated carbocycles. The Morgan fingerprint density at radius 1 is 1.42 bits per heavy atom. The fraction of sp³-hybridized carbons (Fsp3) is 0.667. The van der Waals surface area contributed by atoms with Crippen molar-refractivity contribution in [2.24, 2.45) is 0 Å². The van der Waals surface area contributed by atoms with Crippen molar-refractivity contribution in [3.8, 4) is 0 Å². The number of carbonyl (C=O) groups is 1. The molecule has 0 fully saturated rings. The molecule has 0 aliphatic heterocycles. The van der Waals surface area contributed by atoms with Crippen LogP contribution in [0.25, 0.3) is 0 Å². The van der Waals surface area contributed by atoms with Crippen LogP contribution in [0.5, 0.6) is 0 Å². The molecule has 4 nitrogen and oxygen atoms in total. The Balaban J connectivity index is 2.53. The zero-order valence-corrected chi connectivity index (χ0v) is 12.6.